The molecule has 1 aromatic heterocycles. The lowest BCUT2D eigenvalue weighted by atomic mass is 10.1. The van der Waals surface area contributed by atoms with Gasteiger partial charge in [0.2, 0.25) is 0 Å². The maximum atomic E-state index is 12.2. The van der Waals surface area contributed by atoms with Crippen molar-refractivity contribution in [3.8, 4) is 11.5 Å². The van der Waals surface area contributed by atoms with Crippen LogP contribution in [0.1, 0.15) is 34.6 Å². The Morgan fingerprint density at radius 3 is 2.36 bits per heavy atom. The average molecular weight is 363 g/mol. The van der Waals surface area contributed by atoms with Gasteiger partial charge in [0.1, 0.15) is 5.00 Å². The summed E-state index contributed by atoms with van der Waals surface area (Å²) in [5, 5.41) is 12.4. The first kappa shape index (κ1) is 18.8. The smallest absolute Gasteiger partial charge is 0.339 e. The molecule has 25 heavy (non-hydrogen) atoms. The second kappa shape index (κ2) is 8.53. The van der Waals surface area contributed by atoms with Gasteiger partial charge in [-0.1, -0.05) is 19.1 Å². The first-order chi connectivity index (χ1) is 12.0. The highest BCUT2D eigenvalue weighted by molar-refractivity contribution is 7.16. The van der Waals surface area contributed by atoms with E-state index in [1.54, 1.807) is 18.2 Å². The molecule has 0 atom stereocenters. The van der Waals surface area contributed by atoms with E-state index in [9.17, 15) is 14.7 Å². The summed E-state index contributed by atoms with van der Waals surface area (Å²) in [5.41, 5.74) is 0.906. The van der Waals surface area contributed by atoms with E-state index in [4.69, 9.17) is 9.47 Å². The number of rotatable bonds is 8. The van der Waals surface area contributed by atoms with Gasteiger partial charge in [-0.2, -0.15) is 0 Å². The van der Waals surface area contributed by atoms with Crippen LogP contribution in [0.25, 0.3) is 0 Å². The number of aromatic carboxylic acids is 1. The first-order valence-corrected chi connectivity index (χ1v) is 8.79. The maximum Gasteiger partial charge on any atom is 0.339 e. The molecule has 2 N–H and O–H groups in total. The number of hydrogen-bond donors (Lipinski definition) is 2. The Morgan fingerprint density at radius 2 is 1.80 bits per heavy atom. The molecule has 0 bridgehead atoms. The van der Waals surface area contributed by atoms with Gasteiger partial charge in [0.05, 0.1) is 12.2 Å². The Morgan fingerprint density at radius 1 is 1.16 bits per heavy atom. The average Bonchev–Trinajstić information content (AvgIpc) is 2.89. The van der Waals surface area contributed by atoms with E-state index in [0.717, 1.165) is 10.4 Å². The minimum atomic E-state index is -1.04. The number of amides is 1. The Kier molecular flexibility index (Phi) is 6.41. The quantitative estimate of drug-likeness (QED) is 0.746. The normalized spacial score (nSPS) is 10.4. The summed E-state index contributed by atoms with van der Waals surface area (Å²) in [7, 11) is 0. The van der Waals surface area contributed by atoms with Gasteiger partial charge in [0.25, 0.3) is 5.91 Å². The summed E-state index contributed by atoms with van der Waals surface area (Å²) in [6.07, 6.45) is 0.595. The van der Waals surface area contributed by atoms with Crippen molar-refractivity contribution in [2.75, 3.05) is 18.5 Å². The van der Waals surface area contributed by atoms with Crippen LogP contribution in [0, 0.1) is 6.92 Å². The lowest BCUT2D eigenvalue weighted by Crippen LogP contribution is -2.21. The summed E-state index contributed by atoms with van der Waals surface area (Å²) in [4.78, 5) is 24.6. The third-order valence-electron chi connectivity index (χ3n) is 3.54. The minimum Gasteiger partial charge on any atom is -0.490 e. The van der Waals surface area contributed by atoms with E-state index in [2.05, 4.69) is 5.32 Å². The van der Waals surface area contributed by atoms with Crippen LogP contribution >= 0.6 is 11.3 Å². The number of ether oxygens (including phenoxy) is 2. The number of thiophene rings is 1. The van der Waals surface area contributed by atoms with Gasteiger partial charge in [0, 0.05) is 4.88 Å². The number of anilines is 1. The third-order valence-corrected chi connectivity index (χ3v) is 4.60. The molecule has 0 saturated heterocycles. The topological polar surface area (TPSA) is 84.9 Å². The van der Waals surface area contributed by atoms with Crippen molar-refractivity contribution in [1.82, 2.24) is 0 Å². The van der Waals surface area contributed by atoms with E-state index >= 15 is 0 Å². The SMILES string of the molecule is CCOc1ccccc1OCC(=O)Nc1sc(C)c(CC)c1C(=O)O. The molecule has 6 nitrogen and oxygen atoms in total. The molecule has 0 saturated carbocycles. The highest BCUT2D eigenvalue weighted by Crippen LogP contribution is 2.33. The molecule has 0 aliphatic heterocycles. The van der Waals surface area contributed by atoms with E-state index in [1.165, 1.54) is 11.3 Å². The van der Waals surface area contributed by atoms with Crippen LogP contribution in [-0.4, -0.2) is 30.2 Å². The van der Waals surface area contributed by atoms with Gasteiger partial charge in [-0.3, -0.25) is 4.79 Å². The van der Waals surface area contributed by atoms with Crippen molar-refractivity contribution in [1.29, 1.82) is 0 Å². The van der Waals surface area contributed by atoms with Crippen LogP contribution in [0.15, 0.2) is 24.3 Å². The molecular weight excluding hydrogens is 342 g/mol. The van der Waals surface area contributed by atoms with Crippen molar-refractivity contribution < 1.29 is 24.2 Å². The van der Waals surface area contributed by atoms with E-state index < -0.39 is 11.9 Å². The number of carboxylic acid groups (broad SMARTS) is 1. The maximum absolute atomic E-state index is 12.2. The van der Waals surface area contributed by atoms with Crippen molar-refractivity contribution in [2.45, 2.75) is 27.2 Å². The fourth-order valence-corrected chi connectivity index (χ4v) is 3.62. The number of aryl methyl sites for hydroxylation is 1. The monoisotopic (exact) mass is 363 g/mol. The molecule has 0 radical (unpaired) electrons. The predicted octanol–water partition coefficient (Wildman–Crippen LogP) is 3.73. The summed E-state index contributed by atoms with van der Waals surface area (Å²) >= 11 is 1.26. The van der Waals surface area contributed by atoms with Gasteiger partial charge in [-0.25, -0.2) is 4.79 Å². The van der Waals surface area contributed by atoms with E-state index in [0.29, 0.717) is 29.5 Å². The predicted molar refractivity (Wildman–Crippen MR) is 97.1 cm³/mol. The summed E-state index contributed by atoms with van der Waals surface area (Å²) < 4.78 is 10.9. The lowest BCUT2D eigenvalue weighted by molar-refractivity contribution is -0.118. The number of carbonyl (C=O) groups is 2. The second-order valence-corrected chi connectivity index (χ2v) is 6.44. The number of hydrogen-bond acceptors (Lipinski definition) is 5. The van der Waals surface area contributed by atoms with Crippen molar-refractivity contribution >= 4 is 28.2 Å². The molecule has 0 unspecified atom stereocenters. The number of carboxylic acids is 1. The summed E-state index contributed by atoms with van der Waals surface area (Å²) in [6, 6.07) is 7.08. The summed E-state index contributed by atoms with van der Waals surface area (Å²) in [5.74, 6) is -0.435. The largest absolute Gasteiger partial charge is 0.490 e. The van der Waals surface area contributed by atoms with E-state index in [1.807, 2.05) is 26.8 Å². The Balaban J connectivity index is 2.08. The number of nitrogens with one attached hydrogen (secondary N) is 1. The standard InChI is InChI=1S/C18H21NO5S/c1-4-12-11(3)25-17(16(12)18(21)22)19-15(20)10-24-14-9-7-6-8-13(14)23-5-2/h6-9H,4-5,10H2,1-3H3,(H,19,20)(H,21,22). The molecule has 134 valence electrons. The Bertz CT molecular complexity index is 769. The van der Waals surface area contributed by atoms with Gasteiger partial charge in [-0.15, -0.1) is 11.3 Å². The van der Waals surface area contributed by atoms with Crippen LogP contribution in [-0.2, 0) is 11.2 Å². The van der Waals surface area contributed by atoms with Gasteiger partial charge in [-0.05, 0) is 38.0 Å². The van der Waals surface area contributed by atoms with Gasteiger partial charge in [0.15, 0.2) is 18.1 Å². The molecule has 0 fully saturated rings. The van der Waals surface area contributed by atoms with Crippen molar-refractivity contribution in [3.63, 3.8) is 0 Å². The third kappa shape index (κ3) is 4.51. The number of carbonyl (C=O) groups excluding carboxylic acids is 1. The summed E-state index contributed by atoms with van der Waals surface area (Å²) in [6.45, 7) is 5.85. The second-order valence-electron chi connectivity index (χ2n) is 5.22. The van der Waals surface area contributed by atoms with Crippen LogP contribution < -0.4 is 14.8 Å². The Labute approximate surface area is 150 Å². The zero-order chi connectivity index (χ0) is 18.4. The van der Waals surface area contributed by atoms with Gasteiger partial charge >= 0.3 is 5.97 Å². The van der Waals surface area contributed by atoms with Crippen LogP contribution in [0.2, 0.25) is 0 Å². The molecule has 2 rings (SSSR count). The van der Waals surface area contributed by atoms with Crippen molar-refractivity contribution in [3.05, 3.63) is 40.3 Å². The van der Waals surface area contributed by atoms with Crippen LogP contribution in [0.3, 0.4) is 0 Å². The first-order valence-electron chi connectivity index (χ1n) is 7.97. The number of para-hydroxylation sites is 2. The molecule has 0 spiro atoms. The zero-order valence-corrected chi connectivity index (χ0v) is 15.2. The Hall–Kier alpha value is -2.54. The molecule has 0 aliphatic rings. The molecule has 1 aromatic carbocycles. The van der Waals surface area contributed by atoms with Crippen LogP contribution in [0.5, 0.6) is 11.5 Å². The van der Waals surface area contributed by atoms with E-state index in [-0.39, 0.29) is 12.2 Å². The molecule has 1 heterocycles. The highest BCUT2D eigenvalue weighted by atomic mass is 32.1. The minimum absolute atomic E-state index is 0.160. The zero-order valence-electron chi connectivity index (χ0n) is 14.4. The molecule has 1 amide bonds. The van der Waals surface area contributed by atoms with Crippen LogP contribution in [0.4, 0.5) is 5.00 Å². The molecule has 7 heteroatoms. The molecular formula is C18H21NO5S. The molecule has 0 aliphatic carbocycles. The lowest BCUT2D eigenvalue weighted by Gasteiger charge is -2.11. The molecule has 2 aromatic rings. The number of benzene rings is 1. The van der Waals surface area contributed by atoms with Gasteiger partial charge < -0.3 is 19.9 Å². The highest BCUT2D eigenvalue weighted by Gasteiger charge is 2.22. The fourth-order valence-electron chi connectivity index (χ4n) is 2.47. The fraction of sp³-hybridized carbons (Fsp3) is 0.333. The van der Waals surface area contributed by atoms with Crippen molar-refractivity contribution in [2.24, 2.45) is 0 Å².